The number of thiol groups is 1. The Hall–Kier alpha value is -0.250. The molecule has 4 heteroatoms. The molecule has 1 N–H and O–H groups in total. The SMILES string of the molecule is S=C(S)Nc1ccc(Cl)cc1. The minimum Gasteiger partial charge on any atom is -0.341 e. The molecule has 1 rings (SSSR count). The van der Waals surface area contributed by atoms with Crippen molar-refractivity contribution < 1.29 is 0 Å². The lowest BCUT2D eigenvalue weighted by Gasteiger charge is -2.01. The Morgan fingerprint density at radius 1 is 1.36 bits per heavy atom. The molecule has 0 radical (unpaired) electrons. The zero-order valence-corrected chi connectivity index (χ0v) is 8.01. The highest BCUT2D eigenvalue weighted by Gasteiger charge is 1.91. The van der Waals surface area contributed by atoms with Crippen molar-refractivity contribution in [1.29, 1.82) is 0 Å². The summed E-state index contributed by atoms with van der Waals surface area (Å²) in [5.74, 6) is 0. The summed E-state index contributed by atoms with van der Waals surface area (Å²) in [6.45, 7) is 0. The van der Waals surface area contributed by atoms with Crippen molar-refractivity contribution in [1.82, 2.24) is 0 Å². The largest absolute Gasteiger partial charge is 0.341 e. The van der Waals surface area contributed by atoms with Gasteiger partial charge in [-0.05, 0) is 24.3 Å². The van der Waals surface area contributed by atoms with Gasteiger partial charge in [-0.25, -0.2) is 0 Å². The van der Waals surface area contributed by atoms with Gasteiger partial charge in [-0.2, -0.15) is 0 Å². The fraction of sp³-hybridized carbons (Fsp3) is 0. The first-order valence-corrected chi connectivity index (χ1v) is 4.17. The van der Waals surface area contributed by atoms with Gasteiger partial charge in [0.25, 0.3) is 0 Å². The van der Waals surface area contributed by atoms with Crippen molar-refractivity contribution in [2.24, 2.45) is 0 Å². The molecule has 0 aliphatic heterocycles. The maximum Gasteiger partial charge on any atom is 0.135 e. The summed E-state index contributed by atoms with van der Waals surface area (Å²) >= 11 is 14.3. The van der Waals surface area contributed by atoms with E-state index in [1.807, 2.05) is 12.1 Å². The Morgan fingerprint density at radius 2 is 1.91 bits per heavy atom. The van der Waals surface area contributed by atoms with Crippen LogP contribution < -0.4 is 5.32 Å². The molecule has 0 atom stereocenters. The summed E-state index contributed by atoms with van der Waals surface area (Å²) in [5.41, 5.74) is 0.898. The van der Waals surface area contributed by atoms with E-state index in [0.29, 0.717) is 9.34 Å². The number of anilines is 1. The molecule has 11 heavy (non-hydrogen) atoms. The Kier molecular flexibility index (Phi) is 3.17. The molecule has 0 saturated heterocycles. The van der Waals surface area contributed by atoms with Crippen LogP contribution in [0.15, 0.2) is 24.3 Å². The van der Waals surface area contributed by atoms with Gasteiger partial charge in [0.1, 0.15) is 4.32 Å². The van der Waals surface area contributed by atoms with Crippen LogP contribution >= 0.6 is 36.4 Å². The van der Waals surface area contributed by atoms with Crippen molar-refractivity contribution >= 4 is 46.5 Å². The molecular formula is C7H6ClNS2. The van der Waals surface area contributed by atoms with E-state index in [0.717, 1.165) is 5.69 Å². The minimum atomic E-state index is 0.451. The Bertz CT molecular complexity index is 258. The van der Waals surface area contributed by atoms with Crippen LogP contribution in [0.25, 0.3) is 0 Å². The topological polar surface area (TPSA) is 12.0 Å². The molecule has 0 unspecified atom stereocenters. The van der Waals surface area contributed by atoms with Crippen LogP contribution in [0.4, 0.5) is 5.69 Å². The average Bonchev–Trinajstić information content (AvgIpc) is 1.93. The zero-order chi connectivity index (χ0) is 8.27. The summed E-state index contributed by atoms with van der Waals surface area (Å²) in [6.07, 6.45) is 0. The molecule has 58 valence electrons. The van der Waals surface area contributed by atoms with E-state index < -0.39 is 0 Å². The van der Waals surface area contributed by atoms with Crippen molar-refractivity contribution in [2.75, 3.05) is 5.32 Å². The molecule has 1 aromatic rings. The highest BCUT2D eigenvalue weighted by molar-refractivity contribution is 8.11. The first-order chi connectivity index (χ1) is 5.18. The van der Waals surface area contributed by atoms with E-state index in [2.05, 4.69) is 17.9 Å². The second-order valence-corrected chi connectivity index (χ2v) is 3.53. The zero-order valence-electron chi connectivity index (χ0n) is 5.54. The summed E-state index contributed by atoms with van der Waals surface area (Å²) in [7, 11) is 0. The first kappa shape index (κ1) is 8.84. The standard InChI is InChI=1S/C7H6ClNS2/c8-5-1-3-6(4-2-5)9-7(10)11/h1-4H,(H2,9,10,11). The lowest BCUT2D eigenvalue weighted by atomic mass is 10.3. The number of hydrogen-bond acceptors (Lipinski definition) is 1. The second-order valence-electron chi connectivity index (χ2n) is 1.94. The fourth-order valence-corrected chi connectivity index (χ4v) is 1.03. The van der Waals surface area contributed by atoms with Gasteiger partial charge in [0.15, 0.2) is 0 Å². The van der Waals surface area contributed by atoms with Gasteiger partial charge in [0, 0.05) is 10.7 Å². The van der Waals surface area contributed by atoms with E-state index in [1.54, 1.807) is 12.1 Å². The smallest absolute Gasteiger partial charge is 0.135 e. The normalized spacial score (nSPS) is 9.27. The maximum atomic E-state index is 5.67. The quantitative estimate of drug-likeness (QED) is 0.538. The van der Waals surface area contributed by atoms with E-state index in [1.165, 1.54) is 0 Å². The van der Waals surface area contributed by atoms with Crippen molar-refractivity contribution in [2.45, 2.75) is 0 Å². The summed E-state index contributed by atoms with van der Waals surface area (Å²) < 4.78 is 0.451. The number of thiocarbonyl (C=S) groups is 1. The van der Waals surface area contributed by atoms with Crippen LogP contribution in [0.3, 0.4) is 0 Å². The minimum absolute atomic E-state index is 0.451. The van der Waals surface area contributed by atoms with Crippen LogP contribution in [-0.2, 0) is 0 Å². The fourth-order valence-electron chi connectivity index (χ4n) is 0.657. The van der Waals surface area contributed by atoms with Gasteiger partial charge in [-0.1, -0.05) is 23.8 Å². The van der Waals surface area contributed by atoms with Gasteiger partial charge < -0.3 is 5.32 Å². The summed E-state index contributed by atoms with van der Waals surface area (Å²) in [4.78, 5) is 0. The lowest BCUT2D eigenvalue weighted by molar-refractivity contribution is 1.66. The molecule has 0 aromatic heterocycles. The third kappa shape index (κ3) is 3.10. The highest BCUT2D eigenvalue weighted by Crippen LogP contribution is 2.13. The third-order valence-corrected chi connectivity index (χ3v) is 1.56. The first-order valence-electron chi connectivity index (χ1n) is 2.94. The van der Waals surface area contributed by atoms with Crippen LogP contribution in [0.5, 0.6) is 0 Å². The number of hydrogen-bond donors (Lipinski definition) is 2. The Labute approximate surface area is 81.2 Å². The molecule has 0 spiro atoms. The molecule has 0 bridgehead atoms. The van der Waals surface area contributed by atoms with Crippen molar-refractivity contribution in [3.05, 3.63) is 29.3 Å². The van der Waals surface area contributed by atoms with E-state index in [-0.39, 0.29) is 0 Å². The van der Waals surface area contributed by atoms with E-state index in [4.69, 9.17) is 23.8 Å². The van der Waals surface area contributed by atoms with Crippen LogP contribution in [-0.4, -0.2) is 4.32 Å². The van der Waals surface area contributed by atoms with Crippen molar-refractivity contribution in [3.63, 3.8) is 0 Å². The highest BCUT2D eigenvalue weighted by atomic mass is 35.5. The number of nitrogens with one attached hydrogen (secondary N) is 1. The third-order valence-electron chi connectivity index (χ3n) is 1.10. The molecule has 0 heterocycles. The number of rotatable bonds is 1. The van der Waals surface area contributed by atoms with Gasteiger partial charge in [-0.3, -0.25) is 0 Å². The van der Waals surface area contributed by atoms with Crippen LogP contribution in [0, 0.1) is 0 Å². The predicted molar refractivity (Wildman–Crippen MR) is 56.7 cm³/mol. The Morgan fingerprint density at radius 3 is 2.36 bits per heavy atom. The molecule has 1 nitrogen and oxygen atoms in total. The van der Waals surface area contributed by atoms with E-state index in [9.17, 15) is 0 Å². The van der Waals surface area contributed by atoms with Gasteiger partial charge in [0.05, 0.1) is 0 Å². The van der Waals surface area contributed by atoms with E-state index >= 15 is 0 Å². The summed E-state index contributed by atoms with van der Waals surface area (Å²) in [6, 6.07) is 7.25. The van der Waals surface area contributed by atoms with Gasteiger partial charge in [-0.15, -0.1) is 12.6 Å². The monoisotopic (exact) mass is 203 g/mol. The second kappa shape index (κ2) is 3.95. The molecule has 0 amide bonds. The van der Waals surface area contributed by atoms with Crippen LogP contribution in [0.1, 0.15) is 0 Å². The molecular weight excluding hydrogens is 198 g/mol. The van der Waals surface area contributed by atoms with Gasteiger partial charge in [0.2, 0.25) is 0 Å². The predicted octanol–water partition coefficient (Wildman–Crippen LogP) is 2.97. The van der Waals surface area contributed by atoms with Crippen molar-refractivity contribution in [3.8, 4) is 0 Å². The summed E-state index contributed by atoms with van der Waals surface area (Å²) in [5, 5.41) is 3.58. The molecule has 0 saturated carbocycles. The lowest BCUT2D eigenvalue weighted by Crippen LogP contribution is -1.99. The molecule has 0 aliphatic rings. The van der Waals surface area contributed by atoms with Gasteiger partial charge >= 0.3 is 0 Å². The molecule has 0 fully saturated rings. The average molecular weight is 204 g/mol. The number of benzene rings is 1. The number of halogens is 1. The van der Waals surface area contributed by atoms with Crippen LogP contribution in [0.2, 0.25) is 5.02 Å². The molecule has 1 aromatic carbocycles. The maximum absolute atomic E-state index is 5.67. The Balaban J connectivity index is 2.74. The molecule has 0 aliphatic carbocycles.